The fourth-order valence-corrected chi connectivity index (χ4v) is 2.20. The Morgan fingerprint density at radius 3 is 2.67 bits per heavy atom. The number of ether oxygens (including phenoxy) is 1. The van der Waals surface area contributed by atoms with Gasteiger partial charge < -0.3 is 9.84 Å². The molecule has 0 amide bonds. The normalized spacial score (nSPS) is 30.8. The van der Waals surface area contributed by atoms with E-state index in [4.69, 9.17) is 4.74 Å². The second kappa shape index (κ2) is 5.31. The van der Waals surface area contributed by atoms with E-state index in [2.05, 4.69) is 27.7 Å². The molecule has 1 rings (SSSR count). The van der Waals surface area contributed by atoms with Crippen LogP contribution in [0.15, 0.2) is 0 Å². The predicted molar refractivity (Wildman–Crippen MR) is 62.8 cm³/mol. The lowest BCUT2D eigenvalue weighted by molar-refractivity contribution is -0.113. The van der Waals surface area contributed by atoms with Crippen LogP contribution < -0.4 is 0 Å². The van der Waals surface area contributed by atoms with Crippen LogP contribution in [-0.4, -0.2) is 23.9 Å². The van der Waals surface area contributed by atoms with Crippen molar-refractivity contribution >= 4 is 0 Å². The van der Waals surface area contributed by atoms with Crippen LogP contribution in [0.4, 0.5) is 0 Å². The molecule has 1 aliphatic carbocycles. The maximum absolute atomic E-state index is 10.1. The summed E-state index contributed by atoms with van der Waals surface area (Å²) in [5.74, 6) is 0.679. The molecule has 0 bridgehead atoms. The van der Waals surface area contributed by atoms with Crippen LogP contribution in [-0.2, 0) is 4.74 Å². The van der Waals surface area contributed by atoms with Crippen molar-refractivity contribution in [2.45, 2.75) is 65.6 Å². The molecule has 2 unspecified atom stereocenters. The summed E-state index contributed by atoms with van der Waals surface area (Å²) in [7, 11) is 0. The summed E-state index contributed by atoms with van der Waals surface area (Å²) < 4.78 is 5.79. The lowest BCUT2D eigenvalue weighted by Crippen LogP contribution is -2.44. The fraction of sp³-hybridized carbons (Fsp3) is 1.00. The first-order chi connectivity index (χ1) is 6.93. The number of aliphatic hydroxyl groups excluding tert-OH is 1. The van der Waals surface area contributed by atoms with Gasteiger partial charge in [-0.05, 0) is 30.6 Å². The predicted octanol–water partition coefficient (Wildman–Crippen LogP) is 2.99. The maximum atomic E-state index is 10.1. The molecule has 90 valence electrons. The van der Waals surface area contributed by atoms with Gasteiger partial charge in [-0.1, -0.05) is 34.1 Å². The standard InChI is InChI=1S/C13H26O2/c1-10(2)7-9-15-11-6-5-8-13(3,4)12(11)14/h10-12,14H,5-9H2,1-4H3. The van der Waals surface area contributed by atoms with Gasteiger partial charge in [0.15, 0.2) is 0 Å². The van der Waals surface area contributed by atoms with Crippen molar-refractivity contribution in [3.63, 3.8) is 0 Å². The van der Waals surface area contributed by atoms with Crippen LogP contribution in [0.2, 0.25) is 0 Å². The molecule has 1 fully saturated rings. The Bertz CT molecular complexity index is 187. The van der Waals surface area contributed by atoms with Gasteiger partial charge in [0.25, 0.3) is 0 Å². The van der Waals surface area contributed by atoms with Gasteiger partial charge in [-0.2, -0.15) is 0 Å². The Morgan fingerprint density at radius 1 is 1.40 bits per heavy atom. The average Bonchev–Trinajstić information content (AvgIpc) is 2.12. The molecule has 0 aliphatic heterocycles. The SMILES string of the molecule is CC(C)CCOC1CCCC(C)(C)C1O. The summed E-state index contributed by atoms with van der Waals surface area (Å²) in [4.78, 5) is 0. The Labute approximate surface area is 94.0 Å². The molecule has 0 aromatic carbocycles. The number of hydrogen-bond donors (Lipinski definition) is 1. The zero-order chi connectivity index (χ0) is 11.5. The van der Waals surface area contributed by atoms with E-state index < -0.39 is 0 Å². The lowest BCUT2D eigenvalue weighted by atomic mass is 9.73. The summed E-state index contributed by atoms with van der Waals surface area (Å²) >= 11 is 0. The number of aliphatic hydroxyl groups is 1. The summed E-state index contributed by atoms with van der Waals surface area (Å²) in [6.45, 7) is 9.45. The Balaban J connectivity index is 2.34. The molecule has 0 spiro atoms. The van der Waals surface area contributed by atoms with E-state index in [9.17, 15) is 5.11 Å². The van der Waals surface area contributed by atoms with Gasteiger partial charge in [0.1, 0.15) is 0 Å². The van der Waals surface area contributed by atoms with Crippen molar-refractivity contribution < 1.29 is 9.84 Å². The number of rotatable bonds is 4. The molecular formula is C13H26O2. The van der Waals surface area contributed by atoms with E-state index >= 15 is 0 Å². The molecule has 0 heterocycles. The van der Waals surface area contributed by atoms with Gasteiger partial charge in [0.2, 0.25) is 0 Å². The molecule has 1 aliphatic rings. The first-order valence-corrected chi connectivity index (χ1v) is 6.23. The first kappa shape index (κ1) is 13.0. The molecule has 0 aromatic heterocycles. The van der Waals surface area contributed by atoms with Crippen molar-refractivity contribution in [3.8, 4) is 0 Å². The molecule has 2 atom stereocenters. The van der Waals surface area contributed by atoms with E-state index in [-0.39, 0.29) is 17.6 Å². The van der Waals surface area contributed by atoms with Gasteiger partial charge in [0.05, 0.1) is 12.2 Å². The number of hydrogen-bond acceptors (Lipinski definition) is 2. The minimum atomic E-state index is -0.293. The van der Waals surface area contributed by atoms with Crippen molar-refractivity contribution in [3.05, 3.63) is 0 Å². The van der Waals surface area contributed by atoms with Gasteiger partial charge >= 0.3 is 0 Å². The molecule has 1 saturated carbocycles. The third-order valence-corrected chi connectivity index (χ3v) is 3.49. The highest BCUT2D eigenvalue weighted by Crippen LogP contribution is 2.36. The van der Waals surface area contributed by atoms with E-state index in [0.29, 0.717) is 5.92 Å². The minimum Gasteiger partial charge on any atom is -0.390 e. The van der Waals surface area contributed by atoms with Crippen LogP contribution in [0.3, 0.4) is 0 Å². The second-order valence-corrected chi connectivity index (χ2v) is 5.92. The Morgan fingerprint density at radius 2 is 2.07 bits per heavy atom. The highest BCUT2D eigenvalue weighted by Gasteiger charge is 2.38. The van der Waals surface area contributed by atoms with Gasteiger partial charge in [-0.3, -0.25) is 0 Å². The van der Waals surface area contributed by atoms with Gasteiger partial charge in [0, 0.05) is 6.61 Å². The smallest absolute Gasteiger partial charge is 0.0852 e. The summed E-state index contributed by atoms with van der Waals surface area (Å²) in [6, 6.07) is 0. The van der Waals surface area contributed by atoms with E-state index in [1.54, 1.807) is 0 Å². The van der Waals surface area contributed by atoms with Crippen molar-refractivity contribution in [1.82, 2.24) is 0 Å². The quantitative estimate of drug-likeness (QED) is 0.779. The van der Waals surface area contributed by atoms with E-state index in [1.807, 2.05) is 0 Å². The highest BCUT2D eigenvalue weighted by atomic mass is 16.5. The first-order valence-electron chi connectivity index (χ1n) is 6.23. The summed E-state index contributed by atoms with van der Waals surface area (Å²) in [6.07, 6.45) is 4.16. The van der Waals surface area contributed by atoms with Gasteiger partial charge in [-0.15, -0.1) is 0 Å². The van der Waals surface area contributed by atoms with Crippen LogP contribution in [0.5, 0.6) is 0 Å². The van der Waals surface area contributed by atoms with Crippen LogP contribution in [0, 0.1) is 11.3 Å². The third kappa shape index (κ3) is 3.76. The highest BCUT2D eigenvalue weighted by molar-refractivity contribution is 4.88. The zero-order valence-electron chi connectivity index (χ0n) is 10.6. The zero-order valence-corrected chi connectivity index (χ0v) is 10.6. The van der Waals surface area contributed by atoms with Crippen LogP contribution in [0.1, 0.15) is 53.4 Å². The molecule has 0 aromatic rings. The van der Waals surface area contributed by atoms with Crippen molar-refractivity contribution in [2.75, 3.05) is 6.61 Å². The Hall–Kier alpha value is -0.0800. The van der Waals surface area contributed by atoms with Crippen molar-refractivity contribution in [1.29, 1.82) is 0 Å². The molecule has 1 N–H and O–H groups in total. The van der Waals surface area contributed by atoms with E-state index in [1.165, 1.54) is 6.42 Å². The van der Waals surface area contributed by atoms with Crippen LogP contribution in [0.25, 0.3) is 0 Å². The molecular weight excluding hydrogens is 188 g/mol. The molecule has 0 radical (unpaired) electrons. The second-order valence-electron chi connectivity index (χ2n) is 5.92. The largest absolute Gasteiger partial charge is 0.390 e. The van der Waals surface area contributed by atoms with Crippen LogP contribution >= 0.6 is 0 Å². The molecule has 2 heteroatoms. The lowest BCUT2D eigenvalue weighted by Gasteiger charge is -2.40. The van der Waals surface area contributed by atoms with Crippen molar-refractivity contribution in [2.24, 2.45) is 11.3 Å². The summed E-state index contributed by atoms with van der Waals surface area (Å²) in [5, 5.41) is 10.1. The monoisotopic (exact) mass is 214 g/mol. The van der Waals surface area contributed by atoms with Gasteiger partial charge in [-0.25, -0.2) is 0 Å². The molecule has 0 saturated heterocycles. The average molecular weight is 214 g/mol. The Kier molecular flexibility index (Phi) is 4.60. The third-order valence-electron chi connectivity index (χ3n) is 3.49. The molecule has 15 heavy (non-hydrogen) atoms. The maximum Gasteiger partial charge on any atom is 0.0852 e. The minimum absolute atomic E-state index is 0.0285. The fourth-order valence-electron chi connectivity index (χ4n) is 2.20. The molecule has 2 nitrogen and oxygen atoms in total. The van der Waals surface area contributed by atoms with E-state index in [0.717, 1.165) is 25.9 Å². The topological polar surface area (TPSA) is 29.5 Å². The summed E-state index contributed by atoms with van der Waals surface area (Å²) in [5.41, 5.74) is 0.0285.